The van der Waals surface area contributed by atoms with Gasteiger partial charge in [0.05, 0.1) is 5.69 Å². The molecule has 0 amide bonds. The van der Waals surface area contributed by atoms with Gasteiger partial charge in [0, 0.05) is 17.6 Å². The summed E-state index contributed by atoms with van der Waals surface area (Å²) in [7, 11) is 0. The molecule has 0 atom stereocenters. The van der Waals surface area contributed by atoms with Gasteiger partial charge in [-0.1, -0.05) is 29.8 Å². The van der Waals surface area contributed by atoms with Crippen LogP contribution < -0.4 is 5.73 Å². The van der Waals surface area contributed by atoms with Crippen molar-refractivity contribution in [2.45, 2.75) is 6.42 Å². The summed E-state index contributed by atoms with van der Waals surface area (Å²) in [4.78, 5) is 4.42. The first-order chi connectivity index (χ1) is 8.74. The fourth-order valence-corrected chi connectivity index (χ4v) is 2.06. The van der Waals surface area contributed by atoms with Crippen molar-refractivity contribution in [1.29, 1.82) is 0 Å². The summed E-state index contributed by atoms with van der Waals surface area (Å²) in [6.45, 7) is 0. The second-order valence-corrected chi connectivity index (χ2v) is 4.44. The first kappa shape index (κ1) is 11.0. The smallest absolute Gasteiger partial charge is 0.178 e. The van der Waals surface area contributed by atoms with Gasteiger partial charge in [-0.3, -0.25) is 0 Å². The van der Waals surface area contributed by atoms with Crippen LogP contribution in [0.1, 0.15) is 11.4 Å². The number of nitrogens with zero attached hydrogens (tertiary/aromatic N) is 3. The van der Waals surface area contributed by atoms with Crippen molar-refractivity contribution in [2.24, 2.45) is 0 Å². The zero-order valence-corrected chi connectivity index (χ0v) is 10.3. The molecule has 1 aromatic carbocycles. The lowest BCUT2D eigenvalue weighted by atomic mass is 10.1. The molecule has 0 aliphatic carbocycles. The second-order valence-electron chi connectivity index (χ2n) is 4.03. The summed E-state index contributed by atoms with van der Waals surface area (Å²) < 4.78 is 1.68. The third-order valence-electron chi connectivity index (χ3n) is 2.74. The molecule has 0 spiro atoms. The highest BCUT2D eigenvalue weighted by molar-refractivity contribution is 6.31. The second kappa shape index (κ2) is 4.31. The number of halogens is 1. The number of pyridine rings is 1. The SMILES string of the molecule is Nc1cccn2nc(Cc3ccccc3Cl)nc12. The fourth-order valence-electron chi connectivity index (χ4n) is 1.86. The minimum Gasteiger partial charge on any atom is -0.396 e. The van der Waals surface area contributed by atoms with Crippen molar-refractivity contribution in [3.63, 3.8) is 0 Å². The molecule has 0 fully saturated rings. The van der Waals surface area contributed by atoms with E-state index in [1.165, 1.54) is 0 Å². The average molecular weight is 259 g/mol. The van der Waals surface area contributed by atoms with Crippen LogP contribution in [0.5, 0.6) is 0 Å². The van der Waals surface area contributed by atoms with Crippen molar-refractivity contribution < 1.29 is 0 Å². The van der Waals surface area contributed by atoms with Gasteiger partial charge >= 0.3 is 0 Å². The number of anilines is 1. The van der Waals surface area contributed by atoms with Crippen molar-refractivity contribution in [2.75, 3.05) is 5.73 Å². The Morgan fingerprint density at radius 1 is 1.17 bits per heavy atom. The molecule has 2 aromatic heterocycles. The third-order valence-corrected chi connectivity index (χ3v) is 3.11. The predicted molar refractivity (Wildman–Crippen MR) is 71.7 cm³/mol. The Morgan fingerprint density at radius 2 is 2.00 bits per heavy atom. The molecule has 0 saturated carbocycles. The van der Waals surface area contributed by atoms with Crippen molar-refractivity contribution in [1.82, 2.24) is 14.6 Å². The van der Waals surface area contributed by atoms with Crippen molar-refractivity contribution >= 4 is 22.9 Å². The lowest BCUT2D eigenvalue weighted by Gasteiger charge is -1.99. The molecule has 0 bridgehead atoms. The molecular formula is C13H11ClN4. The predicted octanol–water partition coefficient (Wildman–Crippen LogP) is 2.56. The topological polar surface area (TPSA) is 56.2 Å². The maximum Gasteiger partial charge on any atom is 0.178 e. The van der Waals surface area contributed by atoms with E-state index in [1.54, 1.807) is 4.52 Å². The Bertz CT molecular complexity index is 705. The van der Waals surface area contributed by atoms with Crippen molar-refractivity contribution in [3.8, 4) is 0 Å². The summed E-state index contributed by atoms with van der Waals surface area (Å²) in [5, 5.41) is 5.10. The van der Waals surface area contributed by atoms with Crippen LogP contribution in [0.4, 0.5) is 5.69 Å². The van der Waals surface area contributed by atoms with Gasteiger partial charge in [-0.2, -0.15) is 5.10 Å². The molecule has 0 unspecified atom stereocenters. The van der Waals surface area contributed by atoms with E-state index in [4.69, 9.17) is 17.3 Å². The van der Waals surface area contributed by atoms with E-state index in [0.717, 1.165) is 10.6 Å². The summed E-state index contributed by atoms with van der Waals surface area (Å²) >= 11 is 6.12. The molecule has 3 rings (SSSR count). The largest absolute Gasteiger partial charge is 0.396 e. The molecule has 3 aromatic rings. The lowest BCUT2D eigenvalue weighted by Crippen LogP contribution is -1.93. The van der Waals surface area contributed by atoms with Gasteiger partial charge in [-0.25, -0.2) is 9.50 Å². The summed E-state index contributed by atoms with van der Waals surface area (Å²) in [6.07, 6.45) is 2.43. The van der Waals surface area contributed by atoms with Gasteiger partial charge in [-0.05, 0) is 23.8 Å². The molecule has 0 aliphatic heterocycles. The monoisotopic (exact) mass is 258 g/mol. The van der Waals surface area contributed by atoms with E-state index in [9.17, 15) is 0 Å². The molecule has 2 N–H and O–H groups in total. The van der Waals surface area contributed by atoms with E-state index in [0.29, 0.717) is 23.6 Å². The van der Waals surface area contributed by atoms with E-state index in [2.05, 4.69) is 10.1 Å². The number of hydrogen-bond donors (Lipinski definition) is 1. The van der Waals surface area contributed by atoms with Crippen LogP contribution in [0.2, 0.25) is 5.02 Å². The van der Waals surface area contributed by atoms with E-state index >= 15 is 0 Å². The number of hydrogen-bond acceptors (Lipinski definition) is 3. The number of nitrogens with two attached hydrogens (primary N) is 1. The Morgan fingerprint density at radius 3 is 2.78 bits per heavy atom. The Balaban J connectivity index is 2.01. The molecule has 2 heterocycles. The van der Waals surface area contributed by atoms with Crippen LogP contribution in [0.15, 0.2) is 42.6 Å². The Kier molecular flexibility index (Phi) is 2.64. The molecular weight excluding hydrogens is 248 g/mol. The highest BCUT2D eigenvalue weighted by atomic mass is 35.5. The molecule has 0 aliphatic rings. The van der Waals surface area contributed by atoms with Gasteiger partial charge in [0.15, 0.2) is 11.5 Å². The maximum absolute atomic E-state index is 6.12. The Hall–Kier alpha value is -2.07. The fraction of sp³-hybridized carbons (Fsp3) is 0.0769. The van der Waals surface area contributed by atoms with Crippen molar-refractivity contribution in [3.05, 3.63) is 59.0 Å². The standard InChI is InChI=1S/C13H11ClN4/c14-10-5-2-1-4-9(10)8-12-16-13-11(15)6-3-7-18(13)17-12/h1-7H,8,15H2. The summed E-state index contributed by atoms with van der Waals surface area (Å²) in [5.41, 5.74) is 8.15. The minimum absolute atomic E-state index is 0.598. The average Bonchev–Trinajstić information content (AvgIpc) is 2.76. The van der Waals surface area contributed by atoms with Crippen LogP contribution >= 0.6 is 11.6 Å². The molecule has 90 valence electrons. The highest BCUT2D eigenvalue weighted by Gasteiger charge is 2.08. The van der Waals surface area contributed by atoms with Crippen LogP contribution in [-0.4, -0.2) is 14.6 Å². The Labute approximate surface area is 109 Å². The summed E-state index contributed by atoms with van der Waals surface area (Å²) in [6, 6.07) is 11.3. The lowest BCUT2D eigenvalue weighted by molar-refractivity contribution is 0.900. The van der Waals surface area contributed by atoms with Crippen LogP contribution in [0.25, 0.3) is 5.65 Å². The van der Waals surface area contributed by atoms with Crippen LogP contribution in [-0.2, 0) is 6.42 Å². The van der Waals surface area contributed by atoms with Gasteiger partial charge in [0.25, 0.3) is 0 Å². The van der Waals surface area contributed by atoms with E-state index in [-0.39, 0.29) is 0 Å². The number of rotatable bonds is 2. The normalized spacial score (nSPS) is 10.9. The van der Waals surface area contributed by atoms with Gasteiger partial charge < -0.3 is 5.73 Å². The quantitative estimate of drug-likeness (QED) is 0.769. The van der Waals surface area contributed by atoms with Gasteiger partial charge in [-0.15, -0.1) is 0 Å². The maximum atomic E-state index is 6.12. The van der Waals surface area contributed by atoms with Crippen LogP contribution in [0, 0.1) is 0 Å². The first-order valence-electron chi connectivity index (χ1n) is 5.57. The molecule has 18 heavy (non-hydrogen) atoms. The molecule has 5 heteroatoms. The number of fused-ring (bicyclic) bond motifs is 1. The molecule has 0 radical (unpaired) electrons. The summed E-state index contributed by atoms with van der Waals surface area (Å²) in [5.74, 6) is 0.709. The van der Waals surface area contributed by atoms with Gasteiger partial charge in [0.1, 0.15) is 0 Å². The zero-order valence-electron chi connectivity index (χ0n) is 9.55. The number of benzene rings is 1. The highest BCUT2D eigenvalue weighted by Crippen LogP contribution is 2.18. The van der Waals surface area contributed by atoms with E-state index < -0.39 is 0 Å². The van der Waals surface area contributed by atoms with E-state index in [1.807, 2.05) is 42.6 Å². The molecule has 0 saturated heterocycles. The van der Waals surface area contributed by atoms with Crippen LogP contribution in [0.3, 0.4) is 0 Å². The molecule has 4 nitrogen and oxygen atoms in total. The zero-order chi connectivity index (χ0) is 12.5. The number of aromatic nitrogens is 3. The third kappa shape index (κ3) is 1.91. The first-order valence-corrected chi connectivity index (χ1v) is 5.95. The minimum atomic E-state index is 0.598. The number of nitrogen functional groups attached to an aromatic ring is 1. The van der Waals surface area contributed by atoms with Gasteiger partial charge in [0.2, 0.25) is 0 Å².